The first-order chi connectivity index (χ1) is 11.9. The Morgan fingerprint density at radius 2 is 1.88 bits per heavy atom. The number of carbonyl (C=O) groups excluding carboxylic acids is 2. The Kier molecular flexibility index (Phi) is 6.53. The Balaban J connectivity index is 1.97. The van der Waals surface area contributed by atoms with Gasteiger partial charge < -0.3 is 10.2 Å². The molecule has 0 bridgehead atoms. The highest BCUT2D eigenvalue weighted by Gasteiger charge is 2.16. The van der Waals surface area contributed by atoms with Gasteiger partial charge in [-0.2, -0.15) is 0 Å². The van der Waals surface area contributed by atoms with Crippen molar-refractivity contribution in [1.82, 2.24) is 5.32 Å². The molecule has 0 spiro atoms. The van der Waals surface area contributed by atoms with E-state index in [2.05, 4.69) is 5.32 Å². The van der Waals surface area contributed by atoms with E-state index >= 15 is 0 Å². The summed E-state index contributed by atoms with van der Waals surface area (Å²) in [6, 6.07) is 11.6. The topological polar surface area (TPSA) is 49.4 Å². The van der Waals surface area contributed by atoms with Crippen molar-refractivity contribution in [3.63, 3.8) is 0 Å². The summed E-state index contributed by atoms with van der Waals surface area (Å²) in [6.07, 6.45) is 0.111. The summed E-state index contributed by atoms with van der Waals surface area (Å²) in [5, 5.41) is 3.23. The second kappa shape index (κ2) is 8.62. The molecule has 0 unspecified atom stereocenters. The molecule has 25 heavy (non-hydrogen) atoms. The molecule has 0 aliphatic rings. The Morgan fingerprint density at radius 1 is 1.16 bits per heavy atom. The second-order valence-electron chi connectivity index (χ2n) is 5.67. The van der Waals surface area contributed by atoms with Gasteiger partial charge in [0.25, 0.3) is 0 Å². The van der Waals surface area contributed by atoms with Gasteiger partial charge in [0.1, 0.15) is 5.82 Å². The van der Waals surface area contributed by atoms with E-state index in [0.717, 1.165) is 5.56 Å². The van der Waals surface area contributed by atoms with Crippen LogP contribution in [0.4, 0.5) is 10.1 Å². The molecule has 0 saturated heterocycles. The first-order valence-corrected chi connectivity index (χ1v) is 8.31. The SMILES string of the molecule is CC(=O)N(CCC(=O)NCc1ccccc1F)c1cccc(Cl)c1C. The van der Waals surface area contributed by atoms with Crippen LogP contribution in [0, 0.1) is 12.7 Å². The number of amides is 2. The van der Waals surface area contributed by atoms with Crippen molar-refractivity contribution in [3.8, 4) is 0 Å². The van der Waals surface area contributed by atoms with Gasteiger partial charge in [0.05, 0.1) is 0 Å². The maximum Gasteiger partial charge on any atom is 0.223 e. The normalized spacial score (nSPS) is 10.4. The number of anilines is 1. The number of nitrogens with one attached hydrogen (secondary N) is 1. The Hall–Kier alpha value is -2.40. The molecular formula is C19H20ClFN2O2. The lowest BCUT2D eigenvalue weighted by molar-refractivity contribution is -0.121. The minimum Gasteiger partial charge on any atom is -0.352 e. The molecule has 0 aromatic heterocycles. The third kappa shape index (κ3) is 5.03. The molecule has 6 heteroatoms. The molecule has 0 saturated carbocycles. The van der Waals surface area contributed by atoms with Crippen LogP contribution in [0.25, 0.3) is 0 Å². The van der Waals surface area contributed by atoms with Crippen LogP contribution in [0.1, 0.15) is 24.5 Å². The number of hydrogen-bond donors (Lipinski definition) is 1. The fourth-order valence-electron chi connectivity index (χ4n) is 2.47. The van der Waals surface area contributed by atoms with Gasteiger partial charge in [-0.05, 0) is 30.7 Å². The Bertz CT molecular complexity index is 780. The van der Waals surface area contributed by atoms with Gasteiger partial charge in [-0.25, -0.2) is 4.39 Å². The van der Waals surface area contributed by atoms with Gasteiger partial charge in [-0.3, -0.25) is 9.59 Å². The van der Waals surface area contributed by atoms with Crippen LogP contribution in [0.3, 0.4) is 0 Å². The Morgan fingerprint density at radius 3 is 2.56 bits per heavy atom. The number of hydrogen-bond acceptors (Lipinski definition) is 2. The van der Waals surface area contributed by atoms with Crippen LogP contribution in [-0.4, -0.2) is 18.4 Å². The molecule has 0 radical (unpaired) electrons. The highest BCUT2D eigenvalue weighted by atomic mass is 35.5. The van der Waals surface area contributed by atoms with Crippen molar-refractivity contribution in [2.45, 2.75) is 26.8 Å². The third-order valence-electron chi connectivity index (χ3n) is 3.91. The van der Waals surface area contributed by atoms with E-state index in [1.165, 1.54) is 17.9 Å². The van der Waals surface area contributed by atoms with Crippen LogP contribution in [0.15, 0.2) is 42.5 Å². The minimum absolute atomic E-state index is 0.111. The molecule has 2 amide bonds. The molecule has 4 nitrogen and oxygen atoms in total. The van der Waals surface area contributed by atoms with Crippen molar-refractivity contribution in [1.29, 1.82) is 0 Å². The van der Waals surface area contributed by atoms with E-state index in [0.29, 0.717) is 16.3 Å². The molecule has 1 N–H and O–H groups in total. The third-order valence-corrected chi connectivity index (χ3v) is 4.32. The first-order valence-electron chi connectivity index (χ1n) is 7.93. The van der Waals surface area contributed by atoms with Gasteiger partial charge in [0, 0.05) is 42.7 Å². The van der Waals surface area contributed by atoms with Gasteiger partial charge >= 0.3 is 0 Å². The lowest BCUT2D eigenvalue weighted by Crippen LogP contribution is -2.34. The second-order valence-corrected chi connectivity index (χ2v) is 6.08. The average molecular weight is 363 g/mol. The summed E-state index contributed by atoms with van der Waals surface area (Å²) in [6.45, 7) is 3.60. The van der Waals surface area contributed by atoms with Gasteiger partial charge in [0.2, 0.25) is 11.8 Å². The summed E-state index contributed by atoms with van der Waals surface area (Å²) < 4.78 is 13.5. The number of nitrogens with zero attached hydrogens (tertiary/aromatic N) is 1. The zero-order chi connectivity index (χ0) is 18.4. The van der Waals surface area contributed by atoms with Crippen molar-refractivity contribution < 1.29 is 14.0 Å². The molecule has 0 heterocycles. The summed E-state index contributed by atoms with van der Waals surface area (Å²) in [5.41, 5.74) is 1.89. The smallest absolute Gasteiger partial charge is 0.223 e. The molecule has 2 rings (SSSR count). The predicted octanol–water partition coefficient (Wildman–Crippen LogP) is 3.85. The standard InChI is InChI=1S/C19H20ClFN2O2/c1-13-16(20)7-5-9-18(13)23(14(2)24)11-10-19(25)22-12-15-6-3-4-8-17(15)21/h3-9H,10-12H2,1-2H3,(H,22,25). The predicted molar refractivity (Wildman–Crippen MR) is 97.1 cm³/mol. The molecule has 132 valence electrons. The number of rotatable bonds is 6. The molecular weight excluding hydrogens is 343 g/mol. The lowest BCUT2D eigenvalue weighted by atomic mass is 10.1. The summed E-state index contributed by atoms with van der Waals surface area (Å²) in [7, 11) is 0. The molecule has 0 aliphatic heterocycles. The van der Waals surface area contributed by atoms with Crippen molar-refractivity contribution in [2.75, 3.05) is 11.4 Å². The summed E-state index contributed by atoms with van der Waals surface area (Å²) in [5.74, 6) is -0.788. The van der Waals surface area contributed by atoms with Crippen LogP contribution in [0.5, 0.6) is 0 Å². The first kappa shape index (κ1) is 18.9. The minimum atomic E-state index is -0.359. The number of carbonyl (C=O) groups is 2. The maximum absolute atomic E-state index is 13.5. The summed E-state index contributed by atoms with van der Waals surface area (Å²) >= 11 is 6.10. The maximum atomic E-state index is 13.5. The van der Waals surface area contributed by atoms with E-state index in [1.807, 2.05) is 6.92 Å². The summed E-state index contributed by atoms with van der Waals surface area (Å²) in [4.78, 5) is 25.5. The van der Waals surface area contributed by atoms with E-state index < -0.39 is 0 Å². The van der Waals surface area contributed by atoms with E-state index in [4.69, 9.17) is 11.6 Å². The van der Waals surface area contributed by atoms with Gasteiger partial charge in [-0.15, -0.1) is 0 Å². The quantitative estimate of drug-likeness (QED) is 0.848. The molecule has 0 aliphatic carbocycles. The number of halogens is 2. The van der Waals surface area contributed by atoms with Crippen LogP contribution in [0.2, 0.25) is 5.02 Å². The van der Waals surface area contributed by atoms with E-state index in [-0.39, 0.29) is 37.1 Å². The van der Waals surface area contributed by atoms with Crippen molar-refractivity contribution in [3.05, 3.63) is 64.4 Å². The average Bonchev–Trinajstić information content (AvgIpc) is 2.57. The highest BCUT2D eigenvalue weighted by molar-refractivity contribution is 6.31. The molecule has 2 aromatic rings. The van der Waals surface area contributed by atoms with Crippen molar-refractivity contribution in [2.24, 2.45) is 0 Å². The highest BCUT2D eigenvalue weighted by Crippen LogP contribution is 2.26. The van der Waals surface area contributed by atoms with Crippen molar-refractivity contribution >= 4 is 29.1 Å². The monoisotopic (exact) mass is 362 g/mol. The molecule has 2 aromatic carbocycles. The molecule has 0 atom stereocenters. The zero-order valence-corrected chi connectivity index (χ0v) is 14.9. The molecule has 0 fully saturated rings. The van der Waals surface area contributed by atoms with E-state index in [1.54, 1.807) is 36.4 Å². The van der Waals surface area contributed by atoms with Gasteiger partial charge in [0.15, 0.2) is 0 Å². The van der Waals surface area contributed by atoms with Crippen LogP contribution < -0.4 is 10.2 Å². The largest absolute Gasteiger partial charge is 0.352 e. The van der Waals surface area contributed by atoms with Crippen LogP contribution in [-0.2, 0) is 16.1 Å². The van der Waals surface area contributed by atoms with Crippen LogP contribution >= 0.6 is 11.6 Å². The lowest BCUT2D eigenvalue weighted by Gasteiger charge is -2.23. The fraction of sp³-hybridized carbons (Fsp3) is 0.263. The van der Waals surface area contributed by atoms with Gasteiger partial charge in [-0.1, -0.05) is 35.9 Å². The van der Waals surface area contributed by atoms with E-state index in [9.17, 15) is 14.0 Å². The number of benzene rings is 2. The fourth-order valence-corrected chi connectivity index (χ4v) is 2.64. The zero-order valence-electron chi connectivity index (χ0n) is 14.2. The Labute approximate surface area is 151 Å².